The second kappa shape index (κ2) is 4.19. The molecule has 1 amide bonds. The zero-order valence-electron chi connectivity index (χ0n) is 7.26. The van der Waals surface area contributed by atoms with Gasteiger partial charge in [-0.15, -0.1) is 0 Å². The van der Waals surface area contributed by atoms with Gasteiger partial charge in [-0.05, 0) is 17.5 Å². The minimum atomic E-state index is 0.0220. The van der Waals surface area contributed by atoms with E-state index in [0.717, 1.165) is 0 Å². The Hall–Kier alpha value is -0.740. The first-order chi connectivity index (χ1) is 6.79. The molecule has 1 unspecified atom stereocenters. The molecule has 2 rings (SSSR count). The number of hydrogen-bond acceptors (Lipinski definition) is 2. The first kappa shape index (κ1) is 9.80. The quantitative estimate of drug-likeness (QED) is 0.577. The summed E-state index contributed by atoms with van der Waals surface area (Å²) >= 11 is 4.98. The number of carbonyl (C=O) groups is 1. The van der Waals surface area contributed by atoms with Crippen molar-refractivity contribution in [3.05, 3.63) is 47.5 Å². The summed E-state index contributed by atoms with van der Waals surface area (Å²) in [6.07, 6.45) is 1.79. The standard InChI is InChI=1S/C10H8BrNOS/c11-10-12(6-7-14-10)9(13)8-4-2-1-3-5-8/h1-7,10H. The summed E-state index contributed by atoms with van der Waals surface area (Å²) in [5, 5.41) is 1.90. The van der Waals surface area contributed by atoms with Crippen LogP contribution in [-0.4, -0.2) is 15.1 Å². The maximum atomic E-state index is 11.9. The molecule has 0 saturated heterocycles. The highest BCUT2D eigenvalue weighted by atomic mass is 79.9. The number of nitrogens with zero attached hydrogens (tertiary/aromatic N) is 1. The average molecular weight is 270 g/mol. The second-order valence-electron chi connectivity index (χ2n) is 2.79. The average Bonchev–Trinajstić information content (AvgIpc) is 2.65. The van der Waals surface area contributed by atoms with E-state index in [9.17, 15) is 4.79 Å². The molecule has 1 aromatic rings. The van der Waals surface area contributed by atoms with E-state index < -0.39 is 0 Å². The van der Waals surface area contributed by atoms with Crippen molar-refractivity contribution in [1.82, 2.24) is 4.90 Å². The van der Waals surface area contributed by atoms with Crippen LogP contribution in [0, 0.1) is 0 Å². The van der Waals surface area contributed by atoms with Gasteiger partial charge in [0.15, 0.2) is 0 Å². The lowest BCUT2D eigenvalue weighted by Gasteiger charge is -2.17. The second-order valence-corrected chi connectivity index (χ2v) is 5.26. The predicted molar refractivity (Wildman–Crippen MR) is 62.1 cm³/mol. The van der Waals surface area contributed by atoms with E-state index in [4.69, 9.17) is 0 Å². The molecule has 0 spiro atoms. The van der Waals surface area contributed by atoms with Gasteiger partial charge in [0, 0.05) is 11.8 Å². The molecule has 0 N–H and O–H groups in total. The number of amides is 1. The number of halogens is 1. The lowest BCUT2D eigenvalue weighted by atomic mass is 10.2. The van der Waals surface area contributed by atoms with Gasteiger partial charge < -0.3 is 0 Å². The number of thioether (sulfide) groups is 1. The van der Waals surface area contributed by atoms with Gasteiger partial charge >= 0.3 is 0 Å². The van der Waals surface area contributed by atoms with Crippen LogP contribution < -0.4 is 0 Å². The van der Waals surface area contributed by atoms with E-state index in [1.54, 1.807) is 22.9 Å². The van der Waals surface area contributed by atoms with Crippen molar-refractivity contribution >= 4 is 33.6 Å². The minimum Gasteiger partial charge on any atom is -0.292 e. The Kier molecular flexibility index (Phi) is 2.93. The Bertz CT molecular complexity index is 366. The van der Waals surface area contributed by atoms with Gasteiger partial charge in [0.25, 0.3) is 5.91 Å². The zero-order valence-corrected chi connectivity index (χ0v) is 9.66. The summed E-state index contributed by atoms with van der Waals surface area (Å²) in [6.45, 7) is 0. The van der Waals surface area contributed by atoms with Crippen molar-refractivity contribution in [3.63, 3.8) is 0 Å². The number of alkyl halides is 1. The smallest absolute Gasteiger partial charge is 0.259 e. The summed E-state index contributed by atoms with van der Waals surface area (Å²) in [7, 11) is 0. The Labute approximate surface area is 95.1 Å². The molecular weight excluding hydrogens is 262 g/mol. The first-order valence-electron chi connectivity index (χ1n) is 4.13. The first-order valence-corrected chi connectivity index (χ1v) is 5.99. The van der Waals surface area contributed by atoms with Gasteiger partial charge in [0.1, 0.15) is 4.28 Å². The Morgan fingerprint density at radius 3 is 2.64 bits per heavy atom. The molecule has 72 valence electrons. The summed E-state index contributed by atoms with van der Waals surface area (Å²) in [6, 6.07) is 9.27. The third-order valence-electron chi connectivity index (χ3n) is 1.89. The van der Waals surface area contributed by atoms with Gasteiger partial charge in [-0.3, -0.25) is 9.69 Å². The van der Waals surface area contributed by atoms with Crippen molar-refractivity contribution in [3.8, 4) is 0 Å². The molecule has 0 radical (unpaired) electrons. The largest absolute Gasteiger partial charge is 0.292 e. The monoisotopic (exact) mass is 269 g/mol. The van der Waals surface area contributed by atoms with E-state index in [-0.39, 0.29) is 10.2 Å². The molecule has 0 aromatic heterocycles. The minimum absolute atomic E-state index is 0.0220. The molecule has 1 atom stereocenters. The number of carbonyl (C=O) groups excluding carboxylic acids is 1. The Morgan fingerprint density at radius 2 is 2.07 bits per heavy atom. The van der Waals surface area contributed by atoms with Crippen LogP contribution in [0.15, 0.2) is 41.9 Å². The van der Waals surface area contributed by atoms with E-state index in [1.807, 2.05) is 35.7 Å². The van der Waals surface area contributed by atoms with Gasteiger partial charge in [-0.2, -0.15) is 0 Å². The highest BCUT2D eigenvalue weighted by Gasteiger charge is 2.23. The maximum absolute atomic E-state index is 11.9. The van der Waals surface area contributed by atoms with Crippen LogP contribution in [0.2, 0.25) is 0 Å². The van der Waals surface area contributed by atoms with E-state index in [2.05, 4.69) is 15.9 Å². The van der Waals surface area contributed by atoms with Crippen LogP contribution in [-0.2, 0) is 0 Å². The van der Waals surface area contributed by atoms with Crippen LogP contribution in [0.5, 0.6) is 0 Å². The van der Waals surface area contributed by atoms with Crippen LogP contribution in [0.25, 0.3) is 0 Å². The third-order valence-corrected chi connectivity index (χ3v) is 3.71. The highest BCUT2D eigenvalue weighted by Crippen LogP contribution is 2.30. The van der Waals surface area contributed by atoms with Crippen molar-refractivity contribution in [1.29, 1.82) is 0 Å². The van der Waals surface area contributed by atoms with E-state index in [0.29, 0.717) is 5.56 Å². The predicted octanol–water partition coefficient (Wildman–Crippen LogP) is 3.03. The van der Waals surface area contributed by atoms with E-state index in [1.165, 1.54) is 0 Å². The summed E-state index contributed by atoms with van der Waals surface area (Å²) in [5.74, 6) is 0.0220. The third kappa shape index (κ3) is 1.86. The van der Waals surface area contributed by atoms with Gasteiger partial charge in [0.2, 0.25) is 0 Å². The van der Waals surface area contributed by atoms with Crippen molar-refractivity contribution in [2.75, 3.05) is 0 Å². The maximum Gasteiger partial charge on any atom is 0.259 e. The fraction of sp³-hybridized carbons (Fsp3) is 0.100. The highest BCUT2D eigenvalue weighted by molar-refractivity contribution is 9.11. The molecule has 1 heterocycles. The molecule has 2 nitrogen and oxygen atoms in total. The molecule has 1 aromatic carbocycles. The zero-order chi connectivity index (χ0) is 9.97. The van der Waals surface area contributed by atoms with Gasteiger partial charge in [-0.25, -0.2) is 0 Å². The fourth-order valence-electron chi connectivity index (χ4n) is 1.19. The topological polar surface area (TPSA) is 20.3 Å². The SMILES string of the molecule is O=C(c1ccccc1)N1C=CSC1Br. The fourth-order valence-corrected chi connectivity index (χ4v) is 2.51. The molecule has 1 aliphatic rings. The lowest BCUT2D eigenvalue weighted by Crippen LogP contribution is -2.27. The van der Waals surface area contributed by atoms with Crippen molar-refractivity contribution in [2.45, 2.75) is 4.28 Å². The van der Waals surface area contributed by atoms with Crippen LogP contribution in [0.1, 0.15) is 10.4 Å². The van der Waals surface area contributed by atoms with E-state index >= 15 is 0 Å². The molecule has 0 bridgehead atoms. The molecule has 1 aliphatic heterocycles. The van der Waals surface area contributed by atoms with Gasteiger partial charge in [-0.1, -0.05) is 45.9 Å². The number of benzene rings is 1. The molecule has 0 aliphatic carbocycles. The number of rotatable bonds is 1. The normalized spacial score (nSPS) is 20.1. The van der Waals surface area contributed by atoms with Crippen molar-refractivity contribution < 1.29 is 4.79 Å². The Morgan fingerprint density at radius 1 is 1.36 bits per heavy atom. The van der Waals surface area contributed by atoms with Crippen LogP contribution >= 0.6 is 27.7 Å². The molecule has 0 saturated carbocycles. The number of hydrogen-bond donors (Lipinski definition) is 0. The Balaban J connectivity index is 2.20. The van der Waals surface area contributed by atoms with Crippen molar-refractivity contribution in [2.24, 2.45) is 0 Å². The van der Waals surface area contributed by atoms with Gasteiger partial charge in [0.05, 0.1) is 0 Å². The summed E-state index contributed by atoms with van der Waals surface area (Å²) < 4.78 is 0.0233. The molecule has 14 heavy (non-hydrogen) atoms. The summed E-state index contributed by atoms with van der Waals surface area (Å²) in [4.78, 5) is 13.6. The molecule has 4 heteroatoms. The molecule has 0 fully saturated rings. The molecular formula is C10H8BrNOS. The van der Waals surface area contributed by atoms with Crippen LogP contribution in [0.4, 0.5) is 0 Å². The van der Waals surface area contributed by atoms with Crippen LogP contribution in [0.3, 0.4) is 0 Å². The summed E-state index contributed by atoms with van der Waals surface area (Å²) in [5.41, 5.74) is 0.712. The lowest BCUT2D eigenvalue weighted by molar-refractivity contribution is 0.0839.